The Hall–Kier alpha value is -2.80. The van der Waals surface area contributed by atoms with Crippen molar-refractivity contribution in [3.8, 4) is 11.5 Å². The Kier molecular flexibility index (Phi) is 5.59. The maximum absolute atomic E-state index is 12.3. The number of nitro benzene ring substituents is 1. The lowest BCUT2D eigenvalue weighted by Crippen LogP contribution is -2.30. The zero-order valence-electron chi connectivity index (χ0n) is 13.0. The van der Waals surface area contributed by atoms with Crippen LogP contribution in [-0.4, -0.2) is 24.0 Å². The molecular formula is C16H15ClN2O5. The van der Waals surface area contributed by atoms with Crippen molar-refractivity contribution in [3.63, 3.8) is 0 Å². The summed E-state index contributed by atoms with van der Waals surface area (Å²) in [6.45, 7) is 1.56. The van der Waals surface area contributed by atoms with Gasteiger partial charge in [-0.05, 0) is 31.2 Å². The van der Waals surface area contributed by atoms with Gasteiger partial charge in [-0.2, -0.15) is 0 Å². The van der Waals surface area contributed by atoms with Crippen LogP contribution < -0.4 is 14.8 Å². The molecule has 1 atom stereocenters. The molecule has 0 unspecified atom stereocenters. The van der Waals surface area contributed by atoms with Gasteiger partial charge in [0, 0.05) is 17.2 Å². The summed E-state index contributed by atoms with van der Waals surface area (Å²) in [4.78, 5) is 22.6. The summed E-state index contributed by atoms with van der Waals surface area (Å²) in [6.07, 6.45) is -0.840. The summed E-state index contributed by atoms with van der Waals surface area (Å²) in [5, 5.41) is 13.9. The minimum atomic E-state index is -0.840. The van der Waals surface area contributed by atoms with E-state index in [1.165, 1.54) is 25.3 Å². The van der Waals surface area contributed by atoms with Gasteiger partial charge in [0.15, 0.2) is 6.10 Å². The molecule has 24 heavy (non-hydrogen) atoms. The standard InChI is InChI=1S/C16H15ClN2O5/c1-10(24-13-5-3-4-11(17)8-13)16(20)18-14-9-12(19(21)22)6-7-15(14)23-2/h3-10H,1-2H3,(H,18,20)/t10-/m1/s1. The van der Waals surface area contributed by atoms with Gasteiger partial charge < -0.3 is 14.8 Å². The van der Waals surface area contributed by atoms with Crippen molar-refractivity contribution in [3.05, 3.63) is 57.6 Å². The van der Waals surface area contributed by atoms with Gasteiger partial charge in [-0.25, -0.2) is 0 Å². The van der Waals surface area contributed by atoms with Crippen LogP contribution in [0, 0.1) is 10.1 Å². The third kappa shape index (κ3) is 4.36. The molecule has 2 aromatic rings. The second kappa shape index (κ2) is 7.65. The van der Waals surface area contributed by atoms with Crippen molar-refractivity contribution in [1.29, 1.82) is 0 Å². The van der Waals surface area contributed by atoms with E-state index >= 15 is 0 Å². The van der Waals surface area contributed by atoms with Crippen molar-refractivity contribution in [1.82, 2.24) is 0 Å². The highest BCUT2D eigenvalue weighted by molar-refractivity contribution is 6.30. The van der Waals surface area contributed by atoms with E-state index in [9.17, 15) is 14.9 Å². The molecule has 0 spiro atoms. The monoisotopic (exact) mass is 350 g/mol. The molecular weight excluding hydrogens is 336 g/mol. The van der Waals surface area contributed by atoms with E-state index in [0.29, 0.717) is 16.5 Å². The van der Waals surface area contributed by atoms with Gasteiger partial charge in [0.05, 0.1) is 17.7 Å². The Balaban J connectivity index is 2.13. The van der Waals surface area contributed by atoms with E-state index in [2.05, 4.69) is 5.32 Å². The van der Waals surface area contributed by atoms with Crippen LogP contribution >= 0.6 is 11.6 Å². The largest absolute Gasteiger partial charge is 0.495 e. The Labute approximate surface area is 143 Å². The first-order valence-electron chi connectivity index (χ1n) is 6.96. The average Bonchev–Trinajstić information content (AvgIpc) is 2.54. The summed E-state index contributed by atoms with van der Waals surface area (Å²) in [6, 6.07) is 10.6. The molecule has 0 aliphatic heterocycles. The minimum Gasteiger partial charge on any atom is -0.495 e. The van der Waals surface area contributed by atoms with Gasteiger partial charge in [-0.1, -0.05) is 17.7 Å². The molecule has 0 heterocycles. The fourth-order valence-corrected chi connectivity index (χ4v) is 2.12. The van der Waals surface area contributed by atoms with Crippen molar-refractivity contribution in [2.75, 3.05) is 12.4 Å². The summed E-state index contributed by atoms with van der Waals surface area (Å²) < 4.78 is 10.6. The third-order valence-electron chi connectivity index (χ3n) is 3.13. The van der Waals surface area contributed by atoms with Crippen LogP contribution in [0.3, 0.4) is 0 Å². The number of nitro groups is 1. The number of nitrogens with one attached hydrogen (secondary N) is 1. The SMILES string of the molecule is COc1ccc([N+](=O)[O-])cc1NC(=O)[C@@H](C)Oc1cccc(Cl)c1. The fourth-order valence-electron chi connectivity index (χ4n) is 1.94. The lowest BCUT2D eigenvalue weighted by molar-refractivity contribution is -0.384. The quantitative estimate of drug-likeness (QED) is 0.634. The third-order valence-corrected chi connectivity index (χ3v) is 3.37. The lowest BCUT2D eigenvalue weighted by Gasteiger charge is -2.16. The number of halogens is 1. The molecule has 0 radical (unpaired) electrons. The van der Waals surface area contributed by atoms with Crippen LogP contribution in [-0.2, 0) is 4.79 Å². The van der Waals surface area contributed by atoms with Crippen molar-refractivity contribution >= 4 is 28.9 Å². The highest BCUT2D eigenvalue weighted by Crippen LogP contribution is 2.29. The van der Waals surface area contributed by atoms with Crippen molar-refractivity contribution < 1.29 is 19.2 Å². The molecule has 0 fully saturated rings. The second-order valence-corrected chi connectivity index (χ2v) is 5.28. The Morgan fingerprint density at radius 3 is 2.67 bits per heavy atom. The molecule has 0 aliphatic carbocycles. The highest BCUT2D eigenvalue weighted by atomic mass is 35.5. The fraction of sp³-hybridized carbons (Fsp3) is 0.188. The maximum Gasteiger partial charge on any atom is 0.271 e. The van der Waals surface area contributed by atoms with Crippen LogP contribution in [0.2, 0.25) is 5.02 Å². The molecule has 7 nitrogen and oxygen atoms in total. The molecule has 2 aromatic carbocycles. The molecule has 1 amide bonds. The number of methoxy groups -OCH3 is 1. The molecule has 8 heteroatoms. The van der Waals surface area contributed by atoms with E-state index in [-0.39, 0.29) is 11.4 Å². The highest BCUT2D eigenvalue weighted by Gasteiger charge is 2.19. The number of ether oxygens (including phenoxy) is 2. The van der Waals surface area contributed by atoms with Gasteiger partial charge in [0.25, 0.3) is 11.6 Å². The first-order chi connectivity index (χ1) is 11.4. The van der Waals surface area contributed by atoms with E-state index in [4.69, 9.17) is 21.1 Å². The van der Waals surface area contributed by atoms with Gasteiger partial charge >= 0.3 is 0 Å². The molecule has 2 rings (SSSR count). The lowest BCUT2D eigenvalue weighted by atomic mass is 10.2. The number of hydrogen-bond donors (Lipinski definition) is 1. The summed E-state index contributed by atoms with van der Waals surface area (Å²) in [5.41, 5.74) is 0.0350. The van der Waals surface area contributed by atoms with Gasteiger partial charge in [-0.3, -0.25) is 14.9 Å². The van der Waals surface area contributed by atoms with E-state index in [1.807, 2.05) is 0 Å². The van der Waals surface area contributed by atoms with Crippen LogP contribution in [0.1, 0.15) is 6.92 Å². The summed E-state index contributed by atoms with van der Waals surface area (Å²) in [7, 11) is 1.41. The molecule has 126 valence electrons. The van der Waals surface area contributed by atoms with E-state index in [0.717, 1.165) is 0 Å². The predicted molar refractivity (Wildman–Crippen MR) is 89.8 cm³/mol. The van der Waals surface area contributed by atoms with Crippen LogP contribution in [0.5, 0.6) is 11.5 Å². The second-order valence-electron chi connectivity index (χ2n) is 4.85. The molecule has 0 saturated heterocycles. The molecule has 1 N–H and O–H groups in total. The van der Waals surface area contributed by atoms with Crippen LogP contribution in [0.25, 0.3) is 0 Å². The zero-order valence-corrected chi connectivity index (χ0v) is 13.7. The molecule has 0 bridgehead atoms. The number of nitrogens with zero attached hydrogens (tertiary/aromatic N) is 1. The summed E-state index contributed by atoms with van der Waals surface area (Å²) >= 11 is 5.86. The van der Waals surface area contributed by atoms with Gasteiger partial charge in [0.2, 0.25) is 0 Å². The number of benzene rings is 2. The topological polar surface area (TPSA) is 90.7 Å². The van der Waals surface area contributed by atoms with E-state index in [1.54, 1.807) is 31.2 Å². The Bertz CT molecular complexity index is 766. The number of carbonyl (C=O) groups is 1. The maximum atomic E-state index is 12.3. The van der Waals surface area contributed by atoms with Gasteiger partial charge in [-0.15, -0.1) is 0 Å². The number of anilines is 1. The van der Waals surface area contributed by atoms with E-state index < -0.39 is 16.9 Å². The number of rotatable bonds is 6. The van der Waals surface area contributed by atoms with Crippen molar-refractivity contribution in [2.24, 2.45) is 0 Å². The Morgan fingerprint density at radius 2 is 2.04 bits per heavy atom. The number of carbonyl (C=O) groups excluding carboxylic acids is 1. The predicted octanol–water partition coefficient (Wildman–Crippen LogP) is 3.66. The average molecular weight is 351 g/mol. The van der Waals surface area contributed by atoms with Gasteiger partial charge in [0.1, 0.15) is 11.5 Å². The van der Waals surface area contributed by atoms with Crippen LogP contribution in [0.15, 0.2) is 42.5 Å². The van der Waals surface area contributed by atoms with Crippen molar-refractivity contribution in [2.45, 2.75) is 13.0 Å². The number of amides is 1. The Morgan fingerprint density at radius 1 is 1.29 bits per heavy atom. The normalized spacial score (nSPS) is 11.5. The molecule has 0 aliphatic rings. The molecule has 0 saturated carbocycles. The minimum absolute atomic E-state index is 0.158. The first-order valence-corrected chi connectivity index (χ1v) is 7.34. The summed E-state index contributed by atoms with van der Waals surface area (Å²) in [5.74, 6) is 0.272. The smallest absolute Gasteiger partial charge is 0.271 e. The van der Waals surface area contributed by atoms with Crippen LogP contribution in [0.4, 0.5) is 11.4 Å². The zero-order chi connectivity index (χ0) is 17.7. The molecule has 0 aromatic heterocycles. The number of non-ortho nitro benzene ring substituents is 1. The number of hydrogen-bond acceptors (Lipinski definition) is 5. The first kappa shape index (κ1) is 17.6.